The molecule has 1 N–H and O–H groups in total. The summed E-state index contributed by atoms with van der Waals surface area (Å²) in [6.45, 7) is 1.82. The summed E-state index contributed by atoms with van der Waals surface area (Å²) in [6, 6.07) is 9.95. The molecule has 1 heterocycles. The lowest BCUT2D eigenvalue weighted by Gasteiger charge is -2.18. The highest BCUT2D eigenvalue weighted by Gasteiger charge is 2.29. The number of nitrogens with one attached hydrogen (secondary N) is 1. The van der Waals surface area contributed by atoms with E-state index >= 15 is 0 Å². The highest BCUT2D eigenvalue weighted by atomic mass is 35.5. The molecule has 0 fully saturated rings. The number of benzene rings is 1. The standard InChI is InChI=1S/C16H17ClN2O3S/c1-12-4-6-14(7-5-12)23(21,22)15(11-19-16(20)9-17)13-3-2-8-18-10-13/h2-8,10,15H,9,11H2,1H3,(H,19,20)/t15-/m0/s1. The van der Waals surface area contributed by atoms with Crippen molar-refractivity contribution >= 4 is 27.3 Å². The van der Waals surface area contributed by atoms with E-state index in [0.717, 1.165) is 5.56 Å². The van der Waals surface area contributed by atoms with Crippen LogP contribution in [0.1, 0.15) is 16.4 Å². The van der Waals surface area contributed by atoms with Crippen LogP contribution in [-0.4, -0.2) is 31.7 Å². The second-order valence-electron chi connectivity index (χ2n) is 5.07. The first kappa shape index (κ1) is 17.4. The summed E-state index contributed by atoms with van der Waals surface area (Å²) in [6.07, 6.45) is 3.06. The number of amides is 1. The van der Waals surface area contributed by atoms with Gasteiger partial charge < -0.3 is 5.32 Å². The first-order valence-corrected chi connectivity index (χ1v) is 9.06. The molecule has 0 aliphatic carbocycles. The predicted octanol–water partition coefficient (Wildman–Crippen LogP) is 2.26. The van der Waals surface area contributed by atoms with Gasteiger partial charge in [-0.05, 0) is 30.7 Å². The van der Waals surface area contributed by atoms with E-state index in [0.29, 0.717) is 5.56 Å². The number of sulfone groups is 1. The van der Waals surface area contributed by atoms with E-state index in [1.807, 2.05) is 6.92 Å². The van der Waals surface area contributed by atoms with Crippen LogP contribution in [-0.2, 0) is 14.6 Å². The fraction of sp³-hybridized carbons (Fsp3) is 0.250. The van der Waals surface area contributed by atoms with Crippen molar-refractivity contribution in [1.82, 2.24) is 10.3 Å². The molecule has 0 aliphatic rings. The van der Waals surface area contributed by atoms with Crippen LogP contribution >= 0.6 is 11.6 Å². The third-order valence-corrected chi connectivity index (χ3v) is 5.75. The Bertz CT molecular complexity index is 762. The molecule has 2 rings (SSSR count). The number of rotatable bonds is 6. The maximum absolute atomic E-state index is 12.9. The first-order chi connectivity index (χ1) is 10.9. The molecule has 1 aromatic carbocycles. The minimum absolute atomic E-state index is 0.0620. The van der Waals surface area contributed by atoms with Crippen LogP contribution in [0.4, 0.5) is 0 Å². The predicted molar refractivity (Wildman–Crippen MR) is 89.1 cm³/mol. The zero-order valence-electron chi connectivity index (χ0n) is 12.6. The van der Waals surface area contributed by atoms with E-state index in [1.165, 1.54) is 6.20 Å². The van der Waals surface area contributed by atoms with Gasteiger partial charge in [0.2, 0.25) is 5.91 Å². The molecule has 0 bridgehead atoms. The number of alkyl halides is 1. The summed E-state index contributed by atoms with van der Waals surface area (Å²) in [5.41, 5.74) is 1.49. The molecular weight excluding hydrogens is 336 g/mol. The molecule has 0 radical (unpaired) electrons. The van der Waals surface area contributed by atoms with Crippen molar-refractivity contribution < 1.29 is 13.2 Å². The maximum atomic E-state index is 12.9. The number of carbonyl (C=O) groups is 1. The summed E-state index contributed by atoms with van der Waals surface area (Å²) in [7, 11) is -3.67. The molecule has 1 amide bonds. The van der Waals surface area contributed by atoms with Crippen LogP contribution in [0.3, 0.4) is 0 Å². The van der Waals surface area contributed by atoms with Crippen LogP contribution in [0.5, 0.6) is 0 Å². The molecule has 0 unspecified atom stereocenters. The second kappa shape index (κ2) is 7.57. The monoisotopic (exact) mass is 352 g/mol. The Morgan fingerprint density at radius 3 is 2.52 bits per heavy atom. The van der Waals surface area contributed by atoms with Gasteiger partial charge in [0.05, 0.1) is 4.90 Å². The Morgan fingerprint density at radius 2 is 1.96 bits per heavy atom. The number of hydrogen-bond donors (Lipinski definition) is 1. The number of hydrogen-bond acceptors (Lipinski definition) is 4. The number of carbonyl (C=O) groups excluding carboxylic acids is 1. The van der Waals surface area contributed by atoms with Crippen LogP contribution in [0.2, 0.25) is 0 Å². The third kappa shape index (κ3) is 4.30. The lowest BCUT2D eigenvalue weighted by atomic mass is 10.2. The van der Waals surface area contributed by atoms with Gasteiger partial charge in [-0.15, -0.1) is 11.6 Å². The molecule has 0 spiro atoms. The molecule has 2 aromatic rings. The Labute approximate surface area is 140 Å². The molecular formula is C16H17ClN2O3S. The van der Waals surface area contributed by atoms with E-state index in [4.69, 9.17) is 11.6 Å². The van der Waals surface area contributed by atoms with Gasteiger partial charge in [-0.2, -0.15) is 0 Å². The first-order valence-electron chi connectivity index (χ1n) is 6.98. The number of aromatic nitrogens is 1. The SMILES string of the molecule is Cc1ccc(S(=O)(=O)[C@@H](CNC(=O)CCl)c2cccnc2)cc1. The molecule has 0 aliphatic heterocycles. The molecule has 0 saturated heterocycles. The van der Waals surface area contributed by atoms with Crippen molar-refractivity contribution in [2.45, 2.75) is 17.1 Å². The zero-order chi connectivity index (χ0) is 16.9. The summed E-state index contributed by atoms with van der Waals surface area (Å²) < 4.78 is 25.9. The lowest BCUT2D eigenvalue weighted by molar-refractivity contribution is -0.118. The minimum atomic E-state index is -3.67. The number of aryl methyl sites for hydroxylation is 1. The van der Waals surface area contributed by atoms with E-state index in [1.54, 1.807) is 42.6 Å². The van der Waals surface area contributed by atoms with Gasteiger partial charge in [-0.3, -0.25) is 9.78 Å². The maximum Gasteiger partial charge on any atom is 0.234 e. The van der Waals surface area contributed by atoms with Crippen LogP contribution in [0.25, 0.3) is 0 Å². The topological polar surface area (TPSA) is 76.1 Å². The molecule has 1 aromatic heterocycles. The van der Waals surface area contributed by atoms with E-state index in [9.17, 15) is 13.2 Å². The highest BCUT2D eigenvalue weighted by molar-refractivity contribution is 7.91. The Balaban J connectivity index is 2.39. The molecule has 7 heteroatoms. The lowest BCUT2D eigenvalue weighted by Crippen LogP contribution is -2.32. The fourth-order valence-corrected chi connectivity index (χ4v) is 3.86. The van der Waals surface area contributed by atoms with Crippen molar-refractivity contribution in [3.05, 3.63) is 59.9 Å². The van der Waals surface area contributed by atoms with Crippen molar-refractivity contribution in [2.24, 2.45) is 0 Å². The van der Waals surface area contributed by atoms with Gasteiger partial charge in [0.15, 0.2) is 9.84 Å². The van der Waals surface area contributed by atoms with Crippen molar-refractivity contribution in [3.8, 4) is 0 Å². The Kier molecular flexibility index (Phi) is 5.74. The zero-order valence-corrected chi connectivity index (χ0v) is 14.1. The second-order valence-corrected chi connectivity index (χ2v) is 7.47. The van der Waals surface area contributed by atoms with E-state index < -0.39 is 21.0 Å². The quantitative estimate of drug-likeness (QED) is 0.809. The smallest absolute Gasteiger partial charge is 0.234 e. The highest BCUT2D eigenvalue weighted by Crippen LogP contribution is 2.28. The number of pyridine rings is 1. The van der Waals surface area contributed by atoms with Gasteiger partial charge in [0, 0.05) is 18.9 Å². The Morgan fingerprint density at radius 1 is 1.26 bits per heavy atom. The number of halogens is 1. The molecule has 5 nitrogen and oxygen atoms in total. The molecule has 1 atom stereocenters. The van der Waals surface area contributed by atoms with Crippen molar-refractivity contribution in [3.63, 3.8) is 0 Å². The largest absolute Gasteiger partial charge is 0.353 e. The summed E-state index contributed by atoms with van der Waals surface area (Å²) in [4.78, 5) is 15.6. The van der Waals surface area contributed by atoms with Crippen molar-refractivity contribution in [1.29, 1.82) is 0 Å². The summed E-state index contributed by atoms with van der Waals surface area (Å²) in [5, 5.41) is 1.62. The Hall–Kier alpha value is -1.92. The molecule has 23 heavy (non-hydrogen) atoms. The van der Waals surface area contributed by atoms with E-state index in [2.05, 4.69) is 10.3 Å². The normalized spacial score (nSPS) is 12.6. The summed E-state index contributed by atoms with van der Waals surface area (Å²) in [5.74, 6) is -0.635. The van der Waals surface area contributed by atoms with Crippen LogP contribution in [0, 0.1) is 6.92 Å². The third-order valence-electron chi connectivity index (χ3n) is 3.39. The number of nitrogens with zero attached hydrogens (tertiary/aromatic N) is 1. The summed E-state index contributed by atoms with van der Waals surface area (Å²) >= 11 is 5.46. The fourth-order valence-electron chi connectivity index (χ4n) is 2.12. The van der Waals surface area contributed by atoms with Gasteiger partial charge in [-0.1, -0.05) is 23.8 Å². The molecule has 122 valence electrons. The van der Waals surface area contributed by atoms with Gasteiger partial charge in [0.1, 0.15) is 11.1 Å². The molecule has 0 saturated carbocycles. The van der Waals surface area contributed by atoms with Gasteiger partial charge in [0.25, 0.3) is 0 Å². The van der Waals surface area contributed by atoms with E-state index in [-0.39, 0.29) is 17.3 Å². The van der Waals surface area contributed by atoms with Crippen LogP contribution in [0.15, 0.2) is 53.7 Å². The average Bonchev–Trinajstić information content (AvgIpc) is 2.56. The van der Waals surface area contributed by atoms with Gasteiger partial charge >= 0.3 is 0 Å². The average molecular weight is 353 g/mol. The van der Waals surface area contributed by atoms with Crippen LogP contribution < -0.4 is 5.32 Å². The van der Waals surface area contributed by atoms with Crippen molar-refractivity contribution in [2.75, 3.05) is 12.4 Å². The van der Waals surface area contributed by atoms with Gasteiger partial charge in [-0.25, -0.2) is 8.42 Å². The minimum Gasteiger partial charge on any atom is -0.353 e.